The van der Waals surface area contributed by atoms with Crippen molar-refractivity contribution >= 4 is 57.0 Å². The number of amidine groups is 1. The zero-order chi connectivity index (χ0) is 22.6. The quantitative estimate of drug-likeness (QED) is 0.320. The maximum Gasteiger partial charge on any atom is 0.264 e. The van der Waals surface area contributed by atoms with Gasteiger partial charge in [-0.1, -0.05) is 66.2 Å². The molecule has 1 aliphatic rings. The highest BCUT2D eigenvalue weighted by Crippen LogP contribution is 2.29. The molecule has 33 heavy (non-hydrogen) atoms. The Balaban J connectivity index is 1.25. The monoisotopic (exact) mass is 470 g/mol. The van der Waals surface area contributed by atoms with E-state index in [1.807, 2.05) is 91.0 Å². The number of nitrogens with zero attached hydrogens (tertiary/aromatic N) is 1. The van der Waals surface area contributed by atoms with Gasteiger partial charge in [0.05, 0.1) is 10.6 Å². The van der Waals surface area contributed by atoms with Gasteiger partial charge in [-0.2, -0.15) is 0 Å². The fourth-order valence-corrected chi connectivity index (χ4v) is 4.37. The van der Waals surface area contributed by atoms with Crippen LogP contribution in [-0.2, 0) is 11.4 Å². The van der Waals surface area contributed by atoms with Crippen molar-refractivity contribution in [1.82, 2.24) is 5.32 Å². The average Bonchev–Trinajstić information content (AvgIpc) is 3.18. The van der Waals surface area contributed by atoms with E-state index in [0.29, 0.717) is 21.7 Å². The molecule has 162 valence electrons. The number of rotatable bonds is 5. The van der Waals surface area contributed by atoms with Crippen LogP contribution in [-0.4, -0.2) is 11.1 Å². The summed E-state index contributed by atoms with van der Waals surface area (Å²) in [6, 6.07) is 29.3. The van der Waals surface area contributed by atoms with Gasteiger partial charge in [0.1, 0.15) is 12.4 Å². The van der Waals surface area contributed by atoms with Crippen LogP contribution in [0.15, 0.2) is 101 Å². The van der Waals surface area contributed by atoms with Crippen molar-refractivity contribution in [2.75, 3.05) is 0 Å². The second-order valence-electron chi connectivity index (χ2n) is 7.50. The van der Waals surface area contributed by atoms with Gasteiger partial charge >= 0.3 is 0 Å². The predicted molar refractivity (Wildman–Crippen MR) is 137 cm³/mol. The van der Waals surface area contributed by atoms with Crippen LogP contribution >= 0.6 is 23.4 Å². The number of halogens is 1. The number of amides is 1. The van der Waals surface area contributed by atoms with Gasteiger partial charge in [-0.15, -0.1) is 0 Å². The summed E-state index contributed by atoms with van der Waals surface area (Å²) < 4.78 is 5.82. The smallest absolute Gasteiger partial charge is 0.264 e. The molecule has 1 aliphatic heterocycles. The van der Waals surface area contributed by atoms with E-state index in [1.165, 1.54) is 11.8 Å². The largest absolute Gasteiger partial charge is 0.489 e. The number of carbonyl (C=O) groups is 1. The maximum atomic E-state index is 12.4. The van der Waals surface area contributed by atoms with Crippen LogP contribution in [0.2, 0.25) is 5.02 Å². The SMILES string of the molecule is O=C1NC(=Nc2ccc3ccccc3c2)S/C1=C\c1ccc(OCc2ccc(Cl)cc2)cc1. The minimum absolute atomic E-state index is 0.150. The number of benzene rings is 4. The van der Waals surface area contributed by atoms with Crippen molar-refractivity contribution in [2.45, 2.75) is 6.61 Å². The summed E-state index contributed by atoms with van der Waals surface area (Å²) in [5.41, 5.74) is 2.77. The minimum atomic E-state index is -0.150. The van der Waals surface area contributed by atoms with Crippen LogP contribution in [0.1, 0.15) is 11.1 Å². The summed E-state index contributed by atoms with van der Waals surface area (Å²) in [4.78, 5) is 17.6. The Kier molecular flexibility index (Phi) is 6.15. The number of nitrogens with one attached hydrogen (secondary N) is 1. The van der Waals surface area contributed by atoms with E-state index in [0.717, 1.165) is 33.3 Å². The lowest BCUT2D eigenvalue weighted by Gasteiger charge is -2.06. The van der Waals surface area contributed by atoms with Gasteiger partial charge in [0.15, 0.2) is 5.17 Å². The molecule has 0 saturated carbocycles. The summed E-state index contributed by atoms with van der Waals surface area (Å²) in [6.45, 7) is 0.463. The Morgan fingerprint density at radius 3 is 2.45 bits per heavy atom. The molecule has 0 bridgehead atoms. The zero-order valence-corrected chi connectivity index (χ0v) is 19.1. The summed E-state index contributed by atoms with van der Waals surface area (Å²) in [5, 5.41) is 6.40. The molecule has 4 aromatic carbocycles. The molecular formula is C27H19ClN2O2S. The number of fused-ring (bicyclic) bond motifs is 1. The van der Waals surface area contributed by atoms with E-state index in [2.05, 4.69) is 16.4 Å². The highest BCUT2D eigenvalue weighted by molar-refractivity contribution is 8.18. The lowest BCUT2D eigenvalue weighted by molar-refractivity contribution is -0.115. The van der Waals surface area contributed by atoms with Gasteiger partial charge < -0.3 is 10.1 Å². The summed E-state index contributed by atoms with van der Waals surface area (Å²) in [7, 11) is 0. The van der Waals surface area contributed by atoms with E-state index in [-0.39, 0.29) is 5.91 Å². The zero-order valence-electron chi connectivity index (χ0n) is 17.5. The van der Waals surface area contributed by atoms with Gasteiger partial charge in [-0.05, 0) is 76.1 Å². The van der Waals surface area contributed by atoms with Crippen molar-refractivity contribution in [2.24, 2.45) is 4.99 Å². The van der Waals surface area contributed by atoms with Crippen molar-refractivity contribution < 1.29 is 9.53 Å². The molecule has 1 N–H and O–H groups in total. The molecule has 1 fully saturated rings. The van der Waals surface area contributed by atoms with Gasteiger partial charge in [0.2, 0.25) is 0 Å². The number of aliphatic imine (C=N–C) groups is 1. The molecule has 6 heteroatoms. The molecule has 0 aliphatic carbocycles. The van der Waals surface area contributed by atoms with Crippen molar-refractivity contribution in [1.29, 1.82) is 0 Å². The highest BCUT2D eigenvalue weighted by atomic mass is 35.5. The molecule has 1 heterocycles. The molecule has 0 radical (unpaired) electrons. The summed E-state index contributed by atoms with van der Waals surface area (Å²) >= 11 is 7.25. The van der Waals surface area contributed by atoms with Crippen molar-refractivity contribution in [3.8, 4) is 5.75 Å². The fraction of sp³-hybridized carbons (Fsp3) is 0.0370. The van der Waals surface area contributed by atoms with E-state index in [1.54, 1.807) is 0 Å². The molecule has 4 aromatic rings. The molecular weight excluding hydrogens is 452 g/mol. The number of hydrogen-bond acceptors (Lipinski definition) is 4. The van der Waals surface area contributed by atoms with E-state index < -0.39 is 0 Å². The molecule has 1 saturated heterocycles. The first-order valence-electron chi connectivity index (χ1n) is 10.4. The third-order valence-corrected chi connectivity index (χ3v) is 6.27. The summed E-state index contributed by atoms with van der Waals surface area (Å²) in [6.07, 6.45) is 1.85. The van der Waals surface area contributed by atoms with Crippen LogP contribution in [0.3, 0.4) is 0 Å². The van der Waals surface area contributed by atoms with Gasteiger partial charge in [0.25, 0.3) is 5.91 Å². The van der Waals surface area contributed by atoms with Crippen molar-refractivity contribution in [3.63, 3.8) is 0 Å². The van der Waals surface area contributed by atoms with Crippen LogP contribution in [0.25, 0.3) is 16.8 Å². The number of ether oxygens (including phenoxy) is 1. The topological polar surface area (TPSA) is 50.7 Å². The second kappa shape index (κ2) is 9.53. The molecule has 5 rings (SSSR count). The summed E-state index contributed by atoms with van der Waals surface area (Å²) in [5.74, 6) is 0.608. The molecule has 1 amide bonds. The number of thioether (sulfide) groups is 1. The first-order valence-corrected chi connectivity index (χ1v) is 11.6. The minimum Gasteiger partial charge on any atom is -0.489 e. The van der Waals surface area contributed by atoms with Crippen LogP contribution in [0.4, 0.5) is 5.69 Å². The average molecular weight is 471 g/mol. The second-order valence-corrected chi connectivity index (χ2v) is 8.96. The third kappa shape index (κ3) is 5.28. The Morgan fingerprint density at radius 1 is 0.909 bits per heavy atom. The Labute approximate surface area is 201 Å². The molecule has 0 unspecified atom stereocenters. The maximum absolute atomic E-state index is 12.4. The lowest BCUT2D eigenvalue weighted by atomic mass is 10.1. The molecule has 0 spiro atoms. The van der Waals surface area contributed by atoms with Gasteiger partial charge in [-0.3, -0.25) is 4.79 Å². The lowest BCUT2D eigenvalue weighted by Crippen LogP contribution is -2.19. The third-order valence-electron chi connectivity index (χ3n) is 5.11. The van der Waals surface area contributed by atoms with Gasteiger partial charge in [-0.25, -0.2) is 4.99 Å². The first kappa shape index (κ1) is 21.3. The highest BCUT2D eigenvalue weighted by Gasteiger charge is 2.23. The molecule has 0 aromatic heterocycles. The first-order chi connectivity index (χ1) is 16.1. The molecule has 0 atom stereocenters. The standard InChI is InChI=1S/C27H19ClN2O2S/c28-22-10-5-19(6-11-22)17-32-24-13-7-18(8-14-24)15-25-26(31)30-27(33-25)29-23-12-9-20-3-1-2-4-21(20)16-23/h1-16H,17H2,(H,29,30,31)/b25-15-. The Hall–Kier alpha value is -3.54. The Morgan fingerprint density at radius 2 is 1.67 bits per heavy atom. The fourth-order valence-electron chi connectivity index (χ4n) is 3.40. The molecule has 4 nitrogen and oxygen atoms in total. The van der Waals surface area contributed by atoms with E-state index in [9.17, 15) is 4.79 Å². The normalized spacial score (nSPS) is 15.8. The van der Waals surface area contributed by atoms with Crippen molar-refractivity contribution in [3.05, 3.63) is 112 Å². The van der Waals surface area contributed by atoms with E-state index >= 15 is 0 Å². The van der Waals surface area contributed by atoms with Crippen LogP contribution in [0, 0.1) is 0 Å². The van der Waals surface area contributed by atoms with Gasteiger partial charge in [0, 0.05) is 5.02 Å². The van der Waals surface area contributed by atoms with Crippen LogP contribution < -0.4 is 10.1 Å². The van der Waals surface area contributed by atoms with E-state index in [4.69, 9.17) is 16.3 Å². The van der Waals surface area contributed by atoms with Crippen LogP contribution in [0.5, 0.6) is 5.75 Å². The Bertz CT molecular complexity index is 1380. The predicted octanol–water partition coefficient (Wildman–Crippen LogP) is 6.96. The number of hydrogen-bond donors (Lipinski definition) is 1. The number of carbonyl (C=O) groups excluding carboxylic acids is 1.